The lowest BCUT2D eigenvalue weighted by atomic mass is 10.0. The number of amides is 1. The summed E-state index contributed by atoms with van der Waals surface area (Å²) in [6.07, 6.45) is 3.26. The number of hydrogen-bond donors (Lipinski definition) is 2. The summed E-state index contributed by atoms with van der Waals surface area (Å²) >= 11 is 0. The Balaban J connectivity index is 2.23. The van der Waals surface area contributed by atoms with E-state index in [1.807, 2.05) is 41.9 Å². The molecule has 6 nitrogen and oxygen atoms in total. The molecular weight excluding hydrogens is 318 g/mol. The molecule has 25 heavy (non-hydrogen) atoms. The van der Waals surface area contributed by atoms with Crippen LogP contribution in [0.1, 0.15) is 66.8 Å². The van der Waals surface area contributed by atoms with Gasteiger partial charge in [0, 0.05) is 5.69 Å². The fourth-order valence-corrected chi connectivity index (χ4v) is 3.00. The van der Waals surface area contributed by atoms with Crippen LogP contribution in [0.4, 0.5) is 0 Å². The van der Waals surface area contributed by atoms with Crippen LogP contribution in [0.2, 0.25) is 0 Å². The van der Waals surface area contributed by atoms with Crippen molar-refractivity contribution in [3.05, 3.63) is 53.3 Å². The smallest absolute Gasteiger partial charge is 0.305 e. The lowest BCUT2D eigenvalue weighted by molar-refractivity contribution is -0.137. The van der Waals surface area contributed by atoms with Gasteiger partial charge in [-0.05, 0) is 25.3 Å². The topological polar surface area (TPSA) is 84.2 Å². The third-order valence-corrected chi connectivity index (χ3v) is 4.46. The molecule has 1 aromatic carbocycles. The molecule has 1 aromatic heterocycles. The molecule has 0 aliphatic heterocycles. The summed E-state index contributed by atoms with van der Waals surface area (Å²) in [6, 6.07) is 8.81. The molecule has 2 rings (SSSR count). The molecule has 2 aromatic rings. The summed E-state index contributed by atoms with van der Waals surface area (Å²) in [5.41, 5.74) is 2.05. The molecule has 2 N–H and O–H groups in total. The Labute approximate surface area is 147 Å². The summed E-state index contributed by atoms with van der Waals surface area (Å²) in [4.78, 5) is 23.9. The third-order valence-electron chi connectivity index (χ3n) is 4.46. The van der Waals surface area contributed by atoms with Crippen LogP contribution in [0.5, 0.6) is 0 Å². The average Bonchev–Trinajstić information content (AvgIpc) is 2.98. The fraction of sp³-hybridized carbons (Fsp3) is 0.421. The first-order chi connectivity index (χ1) is 12.0. The Morgan fingerprint density at radius 3 is 2.40 bits per heavy atom. The Morgan fingerprint density at radius 1 is 1.20 bits per heavy atom. The number of rotatable bonds is 8. The highest BCUT2D eigenvalue weighted by molar-refractivity contribution is 5.95. The highest BCUT2D eigenvalue weighted by Gasteiger charge is 2.22. The van der Waals surface area contributed by atoms with Crippen LogP contribution in [-0.4, -0.2) is 26.8 Å². The summed E-state index contributed by atoms with van der Waals surface area (Å²) in [6.45, 7) is 6.05. The maximum absolute atomic E-state index is 12.7. The average molecular weight is 343 g/mol. The predicted molar refractivity (Wildman–Crippen MR) is 95.5 cm³/mol. The van der Waals surface area contributed by atoms with Gasteiger partial charge in [-0.3, -0.25) is 14.3 Å². The largest absolute Gasteiger partial charge is 0.481 e. The molecule has 0 bridgehead atoms. The number of hydrogen-bond acceptors (Lipinski definition) is 3. The highest BCUT2D eigenvalue weighted by Crippen LogP contribution is 2.21. The van der Waals surface area contributed by atoms with Gasteiger partial charge in [-0.1, -0.05) is 44.2 Å². The number of aliphatic carboxylic acids is 1. The van der Waals surface area contributed by atoms with Crippen molar-refractivity contribution in [1.29, 1.82) is 0 Å². The molecule has 1 heterocycles. The molecular formula is C19H25N3O3. The Morgan fingerprint density at radius 2 is 1.84 bits per heavy atom. The van der Waals surface area contributed by atoms with E-state index in [2.05, 4.69) is 24.3 Å². The second-order valence-corrected chi connectivity index (χ2v) is 6.09. The minimum absolute atomic E-state index is 0.171. The van der Waals surface area contributed by atoms with E-state index in [1.54, 1.807) is 6.20 Å². The normalized spacial score (nSPS) is 12.2. The molecule has 0 saturated carbocycles. The minimum Gasteiger partial charge on any atom is -0.481 e. The number of carbonyl (C=O) groups is 2. The summed E-state index contributed by atoms with van der Waals surface area (Å²) < 4.78 is 1.88. The molecule has 0 aliphatic carbocycles. The van der Waals surface area contributed by atoms with E-state index in [4.69, 9.17) is 5.11 Å². The van der Waals surface area contributed by atoms with Gasteiger partial charge in [0.15, 0.2) is 0 Å². The van der Waals surface area contributed by atoms with E-state index < -0.39 is 12.0 Å². The van der Waals surface area contributed by atoms with E-state index in [0.29, 0.717) is 5.56 Å². The van der Waals surface area contributed by atoms with E-state index in [1.165, 1.54) is 0 Å². The van der Waals surface area contributed by atoms with Gasteiger partial charge in [-0.15, -0.1) is 0 Å². The van der Waals surface area contributed by atoms with Crippen LogP contribution < -0.4 is 5.32 Å². The summed E-state index contributed by atoms with van der Waals surface area (Å²) in [7, 11) is 0. The maximum atomic E-state index is 12.7. The fourth-order valence-electron chi connectivity index (χ4n) is 3.00. The Kier molecular flexibility index (Phi) is 6.33. The SMILES string of the molecule is CCC(CC)n1ncc(C(=O)NC(CC(=O)O)c2ccccc2)c1C. The predicted octanol–water partition coefficient (Wildman–Crippen LogP) is 3.50. The van der Waals surface area contributed by atoms with Gasteiger partial charge in [-0.25, -0.2) is 0 Å². The van der Waals surface area contributed by atoms with Crippen molar-refractivity contribution in [2.45, 2.75) is 52.1 Å². The number of nitrogens with zero attached hydrogens (tertiary/aromatic N) is 2. The number of carbonyl (C=O) groups excluding carboxylic acids is 1. The molecule has 1 amide bonds. The monoisotopic (exact) mass is 343 g/mol. The second kappa shape index (κ2) is 8.46. The van der Waals surface area contributed by atoms with Crippen molar-refractivity contribution >= 4 is 11.9 Å². The highest BCUT2D eigenvalue weighted by atomic mass is 16.4. The van der Waals surface area contributed by atoms with Crippen molar-refractivity contribution in [1.82, 2.24) is 15.1 Å². The van der Waals surface area contributed by atoms with Crippen LogP contribution in [0.25, 0.3) is 0 Å². The second-order valence-electron chi connectivity index (χ2n) is 6.09. The number of nitrogens with one attached hydrogen (secondary N) is 1. The van der Waals surface area contributed by atoms with Crippen LogP contribution in [0, 0.1) is 6.92 Å². The van der Waals surface area contributed by atoms with Gasteiger partial charge in [0.05, 0.1) is 30.3 Å². The van der Waals surface area contributed by atoms with Gasteiger partial charge in [0.25, 0.3) is 5.91 Å². The number of carboxylic acid groups (broad SMARTS) is 1. The van der Waals surface area contributed by atoms with E-state index >= 15 is 0 Å². The minimum atomic E-state index is -0.960. The van der Waals surface area contributed by atoms with Crippen molar-refractivity contribution in [2.24, 2.45) is 0 Å². The van der Waals surface area contributed by atoms with Crippen LogP contribution >= 0.6 is 0 Å². The third kappa shape index (κ3) is 4.47. The van der Waals surface area contributed by atoms with Crippen molar-refractivity contribution in [3.8, 4) is 0 Å². The molecule has 134 valence electrons. The number of benzene rings is 1. The molecule has 0 spiro atoms. The Bertz CT molecular complexity index is 721. The van der Waals surface area contributed by atoms with E-state index in [0.717, 1.165) is 24.1 Å². The first-order valence-electron chi connectivity index (χ1n) is 8.59. The summed E-state index contributed by atoms with van der Waals surface area (Å²) in [5, 5.41) is 16.4. The quantitative estimate of drug-likeness (QED) is 0.768. The molecule has 6 heteroatoms. The summed E-state index contributed by atoms with van der Waals surface area (Å²) in [5.74, 6) is -1.26. The molecule has 0 fully saturated rings. The maximum Gasteiger partial charge on any atom is 0.305 e. The molecule has 1 unspecified atom stereocenters. The lowest BCUT2D eigenvalue weighted by Gasteiger charge is -2.18. The van der Waals surface area contributed by atoms with Gasteiger partial charge in [0.2, 0.25) is 0 Å². The first kappa shape index (κ1) is 18.7. The molecule has 1 atom stereocenters. The lowest BCUT2D eigenvalue weighted by Crippen LogP contribution is -2.30. The first-order valence-corrected chi connectivity index (χ1v) is 8.59. The van der Waals surface area contributed by atoms with Crippen molar-refractivity contribution < 1.29 is 14.7 Å². The molecule has 0 radical (unpaired) electrons. The van der Waals surface area contributed by atoms with Gasteiger partial charge < -0.3 is 10.4 Å². The molecule has 0 aliphatic rings. The number of aromatic nitrogens is 2. The van der Waals surface area contributed by atoms with Crippen LogP contribution in [-0.2, 0) is 4.79 Å². The zero-order valence-corrected chi connectivity index (χ0v) is 14.9. The van der Waals surface area contributed by atoms with E-state index in [9.17, 15) is 9.59 Å². The molecule has 0 saturated heterocycles. The van der Waals surface area contributed by atoms with Gasteiger partial charge in [-0.2, -0.15) is 5.10 Å². The van der Waals surface area contributed by atoms with E-state index in [-0.39, 0.29) is 18.4 Å². The van der Waals surface area contributed by atoms with Gasteiger partial charge >= 0.3 is 5.97 Å². The van der Waals surface area contributed by atoms with Crippen molar-refractivity contribution in [3.63, 3.8) is 0 Å². The standard InChI is InChI=1S/C19H25N3O3/c1-4-15(5-2)22-13(3)16(12-20-22)19(25)21-17(11-18(23)24)14-9-7-6-8-10-14/h6-10,12,15,17H,4-5,11H2,1-3H3,(H,21,25)(H,23,24). The van der Waals surface area contributed by atoms with Crippen molar-refractivity contribution in [2.75, 3.05) is 0 Å². The Hall–Kier alpha value is -2.63. The van der Waals surface area contributed by atoms with Crippen LogP contribution in [0.3, 0.4) is 0 Å². The zero-order valence-electron chi connectivity index (χ0n) is 14.9. The zero-order chi connectivity index (χ0) is 18.4. The van der Waals surface area contributed by atoms with Gasteiger partial charge in [0.1, 0.15) is 0 Å². The van der Waals surface area contributed by atoms with Crippen LogP contribution in [0.15, 0.2) is 36.5 Å². The number of carboxylic acids is 1.